The molecule has 0 aliphatic heterocycles. The lowest BCUT2D eigenvalue weighted by atomic mass is 10.2. The average molecular weight is 568 g/mol. The summed E-state index contributed by atoms with van der Waals surface area (Å²) in [5, 5.41) is 4.79. The molecule has 1 N–H and O–H groups in total. The van der Waals surface area contributed by atoms with Gasteiger partial charge in [0.25, 0.3) is 15.9 Å². The Labute approximate surface area is 231 Å². The number of hydrazone groups is 1. The summed E-state index contributed by atoms with van der Waals surface area (Å²) < 4.78 is 33.4. The smallest absolute Gasteiger partial charge is 0.264 e. The van der Waals surface area contributed by atoms with Crippen LogP contribution in [-0.2, 0) is 21.4 Å². The lowest BCUT2D eigenvalue weighted by Gasteiger charge is -2.24. The Hall–Kier alpha value is -3.85. The fourth-order valence-corrected chi connectivity index (χ4v) is 5.38. The fraction of sp³-hybridized carbons (Fsp3) is 0.0714. The van der Waals surface area contributed by atoms with Crippen LogP contribution in [0.25, 0.3) is 0 Å². The fourth-order valence-electron chi connectivity index (χ4n) is 3.44. The molecule has 0 radical (unpaired) electrons. The quantitative estimate of drug-likeness (QED) is 0.190. The Morgan fingerprint density at radius 2 is 1.47 bits per heavy atom. The number of hydrogen-bond acceptors (Lipinski definition) is 5. The van der Waals surface area contributed by atoms with Crippen molar-refractivity contribution in [2.45, 2.75) is 11.5 Å². The van der Waals surface area contributed by atoms with Crippen LogP contribution in [-0.4, -0.2) is 27.1 Å². The van der Waals surface area contributed by atoms with Gasteiger partial charge < -0.3 is 4.74 Å². The van der Waals surface area contributed by atoms with Gasteiger partial charge in [-0.3, -0.25) is 9.10 Å². The predicted octanol–water partition coefficient (Wildman–Crippen LogP) is 5.92. The topological polar surface area (TPSA) is 88.1 Å². The molecule has 0 aliphatic carbocycles. The van der Waals surface area contributed by atoms with Gasteiger partial charge in [-0.25, -0.2) is 13.8 Å². The van der Waals surface area contributed by atoms with E-state index in [2.05, 4.69) is 10.5 Å². The molecule has 0 atom stereocenters. The van der Waals surface area contributed by atoms with Crippen LogP contribution in [0, 0.1) is 0 Å². The number of benzene rings is 4. The summed E-state index contributed by atoms with van der Waals surface area (Å²) in [6.45, 7) is -0.190. The van der Waals surface area contributed by atoms with Gasteiger partial charge in [0, 0.05) is 10.6 Å². The van der Waals surface area contributed by atoms with Crippen molar-refractivity contribution in [3.05, 3.63) is 124 Å². The van der Waals surface area contributed by atoms with E-state index in [1.54, 1.807) is 66.7 Å². The third-order valence-electron chi connectivity index (χ3n) is 5.37. The highest BCUT2D eigenvalue weighted by Crippen LogP contribution is 2.30. The highest BCUT2D eigenvalue weighted by molar-refractivity contribution is 7.92. The summed E-state index contributed by atoms with van der Waals surface area (Å²) in [6, 6.07) is 28.8. The molecule has 7 nitrogen and oxygen atoms in total. The van der Waals surface area contributed by atoms with Crippen molar-refractivity contribution >= 4 is 51.0 Å². The van der Waals surface area contributed by atoms with Gasteiger partial charge in [-0.1, -0.05) is 71.7 Å². The minimum Gasteiger partial charge on any atom is -0.489 e. The summed E-state index contributed by atoms with van der Waals surface area (Å²) in [5.41, 5.74) is 4.14. The third kappa shape index (κ3) is 6.92. The third-order valence-corrected chi connectivity index (χ3v) is 7.84. The van der Waals surface area contributed by atoms with E-state index in [1.807, 2.05) is 18.2 Å². The monoisotopic (exact) mass is 567 g/mol. The molecule has 0 bridgehead atoms. The summed E-state index contributed by atoms with van der Waals surface area (Å²) >= 11 is 12.4. The first kappa shape index (κ1) is 27.2. The molecule has 0 unspecified atom stereocenters. The van der Waals surface area contributed by atoms with Crippen LogP contribution in [0.15, 0.2) is 113 Å². The minimum absolute atomic E-state index is 0.0352. The maximum Gasteiger partial charge on any atom is 0.264 e. The molecule has 1 amide bonds. The molecule has 0 spiro atoms. The molecule has 0 aromatic heterocycles. The van der Waals surface area contributed by atoms with Crippen LogP contribution >= 0.6 is 23.2 Å². The first-order chi connectivity index (χ1) is 18.3. The van der Waals surface area contributed by atoms with E-state index >= 15 is 0 Å². The minimum atomic E-state index is -4.07. The molecule has 194 valence electrons. The lowest BCUT2D eigenvalue weighted by Crippen LogP contribution is -2.39. The number of ether oxygens (including phenoxy) is 1. The Morgan fingerprint density at radius 3 is 2.16 bits per heavy atom. The van der Waals surface area contributed by atoms with Gasteiger partial charge in [0.1, 0.15) is 18.9 Å². The average Bonchev–Trinajstić information content (AvgIpc) is 2.93. The van der Waals surface area contributed by atoms with Gasteiger partial charge in [0.2, 0.25) is 0 Å². The van der Waals surface area contributed by atoms with Crippen LogP contribution in [0.1, 0.15) is 11.1 Å². The van der Waals surface area contributed by atoms with E-state index in [0.29, 0.717) is 22.9 Å². The molecule has 0 heterocycles. The molecule has 4 aromatic carbocycles. The van der Waals surface area contributed by atoms with Gasteiger partial charge in [0.05, 0.1) is 21.8 Å². The van der Waals surface area contributed by atoms with Crippen molar-refractivity contribution in [3.63, 3.8) is 0 Å². The summed E-state index contributed by atoms with van der Waals surface area (Å²) in [7, 11) is -4.07. The first-order valence-electron chi connectivity index (χ1n) is 11.4. The number of hydrogen-bond donors (Lipinski definition) is 1. The first-order valence-corrected chi connectivity index (χ1v) is 13.6. The second-order valence-corrected chi connectivity index (χ2v) is 10.7. The zero-order chi connectivity index (χ0) is 27.0. The number of carbonyl (C=O) groups is 1. The Kier molecular flexibility index (Phi) is 9.02. The van der Waals surface area contributed by atoms with Crippen LogP contribution in [0.5, 0.6) is 5.75 Å². The highest BCUT2D eigenvalue weighted by atomic mass is 35.5. The number of halogens is 2. The van der Waals surface area contributed by atoms with Crippen molar-refractivity contribution in [2.75, 3.05) is 10.8 Å². The number of para-hydroxylation sites is 1. The second kappa shape index (κ2) is 12.6. The van der Waals surface area contributed by atoms with Crippen molar-refractivity contribution in [1.29, 1.82) is 0 Å². The van der Waals surface area contributed by atoms with Crippen molar-refractivity contribution < 1.29 is 17.9 Å². The van der Waals surface area contributed by atoms with Crippen molar-refractivity contribution in [1.82, 2.24) is 5.43 Å². The molecule has 0 aliphatic rings. The number of anilines is 1. The highest BCUT2D eigenvalue weighted by Gasteiger charge is 2.28. The molecular weight excluding hydrogens is 545 g/mol. The van der Waals surface area contributed by atoms with Gasteiger partial charge in [-0.2, -0.15) is 5.10 Å². The van der Waals surface area contributed by atoms with Crippen LogP contribution in [0.3, 0.4) is 0 Å². The molecule has 10 heteroatoms. The maximum absolute atomic E-state index is 13.3. The molecule has 0 fully saturated rings. The zero-order valence-corrected chi connectivity index (χ0v) is 22.3. The zero-order valence-electron chi connectivity index (χ0n) is 20.0. The van der Waals surface area contributed by atoms with E-state index in [9.17, 15) is 13.2 Å². The molecule has 4 aromatic rings. The standard InChI is InChI=1S/C28H23Cl2N3O4S/c29-25-11-5-4-8-22(25)20-37-23-16-14-21(15-17-23)18-31-32-28(34)19-33(27-13-7-6-12-26(27)30)38(35,36)24-9-2-1-3-10-24/h1-18H,19-20H2,(H,32,34)/b31-18-. The van der Waals surface area contributed by atoms with E-state index < -0.39 is 22.5 Å². The van der Waals surface area contributed by atoms with Crippen LogP contribution < -0.4 is 14.5 Å². The van der Waals surface area contributed by atoms with Crippen molar-refractivity contribution in [2.24, 2.45) is 5.10 Å². The summed E-state index contributed by atoms with van der Waals surface area (Å²) in [6.07, 6.45) is 1.45. The van der Waals surface area contributed by atoms with E-state index in [-0.39, 0.29) is 15.6 Å². The summed E-state index contributed by atoms with van der Waals surface area (Å²) in [5.74, 6) is 0.00738. The van der Waals surface area contributed by atoms with Gasteiger partial charge in [0.15, 0.2) is 0 Å². The number of rotatable bonds is 10. The Morgan fingerprint density at radius 1 is 0.842 bits per heavy atom. The van der Waals surface area contributed by atoms with Crippen LogP contribution in [0.4, 0.5) is 5.69 Å². The Balaban J connectivity index is 1.40. The van der Waals surface area contributed by atoms with Gasteiger partial charge in [-0.15, -0.1) is 0 Å². The number of carbonyl (C=O) groups excluding carboxylic acids is 1. The van der Waals surface area contributed by atoms with Crippen LogP contribution in [0.2, 0.25) is 10.0 Å². The molecule has 0 saturated carbocycles. The normalized spacial score (nSPS) is 11.3. The van der Waals surface area contributed by atoms with E-state index in [0.717, 1.165) is 9.87 Å². The second-order valence-electron chi connectivity index (χ2n) is 8.02. The number of nitrogens with zero attached hydrogens (tertiary/aromatic N) is 2. The number of sulfonamides is 1. The molecular formula is C28H23Cl2N3O4S. The maximum atomic E-state index is 13.3. The van der Waals surface area contributed by atoms with Gasteiger partial charge in [-0.05, 0) is 60.2 Å². The largest absolute Gasteiger partial charge is 0.489 e. The predicted molar refractivity (Wildman–Crippen MR) is 150 cm³/mol. The summed E-state index contributed by atoms with van der Waals surface area (Å²) in [4.78, 5) is 12.7. The molecule has 38 heavy (non-hydrogen) atoms. The van der Waals surface area contributed by atoms with E-state index in [1.165, 1.54) is 24.4 Å². The molecule has 4 rings (SSSR count). The van der Waals surface area contributed by atoms with E-state index in [4.69, 9.17) is 27.9 Å². The van der Waals surface area contributed by atoms with Crippen molar-refractivity contribution in [3.8, 4) is 5.75 Å². The molecule has 0 saturated heterocycles. The lowest BCUT2D eigenvalue weighted by molar-refractivity contribution is -0.119. The van der Waals surface area contributed by atoms with Gasteiger partial charge >= 0.3 is 0 Å². The Bertz CT molecular complexity index is 1530. The SMILES string of the molecule is O=C(CN(c1ccccc1Cl)S(=O)(=O)c1ccccc1)N/N=C\c1ccc(OCc2ccccc2Cl)cc1. The number of nitrogens with one attached hydrogen (secondary N) is 1. The number of amides is 1.